The molecule has 2 aromatic rings. The zero-order chi connectivity index (χ0) is 14.8. The van der Waals surface area contributed by atoms with Crippen LogP contribution >= 0.6 is 0 Å². The predicted molar refractivity (Wildman–Crippen MR) is 90.1 cm³/mol. The molecule has 0 aromatic heterocycles. The van der Waals surface area contributed by atoms with Gasteiger partial charge in [-0.25, -0.2) is 0 Å². The van der Waals surface area contributed by atoms with Crippen molar-refractivity contribution in [2.24, 2.45) is 0 Å². The summed E-state index contributed by atoms with van der Waals surface area (Å²) >= 11 is 0. The molecule has 0 radical (unpaired) electrons. The van der Waals surface area contributed by atoms with Gasteiger partial charge < -0.3 is 5.32 Å². The van der Waals surface area contributed by atoms with Crippen LogP contribution in [0.15, 0.2) is 42.5 Å². The number of hydrogen-bond donors (Lipinski definition) is 1. The molecule has 21 heavy (non-hydrogen) atoms. The average molecular weight is 279 g/mol. The summed E-state index contributed by atoms with van der Waals surface area (Å²) in [6, 6.07) is 16.0. The van der Waals surface area contributed by atoms with Crippen LogP contribution in [0, 0.1) is 20.8 Å². The molecule has 1 aliphatic heterocycles. The van der Waals surface area contributed by atoms with Gasteiger partial charge in [0.15, 0.2) is 0 Å². The molecular formula is C20H25N. The summed E-state index contributed by atoms with van der Waals surface area (Å²) in [5.41, 5.74) is 7.16. The molecule has 2 unspecified atom stereocenters. The Morgan fingerprint density at radius 1 is 0.857 bits per heavy atom. The van der Waals surface area contributed by atoms with Crippen LogP contribution in [0.5, 0.6) is 0 Å². The number of rotatable bonds is 2. The molecule has 1 heteroatoms. The SMILES string of the molecule is Cc1ccc(C2CNCCC2c2cc(C)ccc2C)cc1. The molecule has 1 heterocycles. The second-order valence-corrected chi connectivity index (χ2v) is 6.48. The first-order valence-corrected chi connectivity index (χ1v) is 7.99. The van der Waals surface area contributed by atoms with Crippen molar-refractivity contribution >= 4 is 0 Å². The lowest BCUT2D eigenvalue weighted by Crippen LogP contribution is -2.34. The van der Waals surface area contributed by atoms with Gasteiger partial charge in [-0.05, 0) is 56.3 Å². The Labute approximate surface area is 128 Å². The standard InChI is InChI=1S/C20H25N/c1-14-5-8-17(9-6-14)20-13-21-11-10-18(20)19-12-15(2)4-7-16(19)3/h4-9,12,18,20-21H,10-11,13H2,1-3H3. The summed E-state index contributed by atoms with van der Waals surface area (Å²) in [4.78, 5) is 0. The highest BCUT2D eigenvalue weighted by molar-refractivity contribution is 5.38. The van der Waals surface area contributed by atoms with Gasteiger partial charge >= 0.3 is 0 Å². The van der Waals surface area contributed by atoms with Crippen molar-refractivity contribution in [3.8, 4) is 0 Å². The quantitative estimate of drug-likeness (QED) is 0.855. The van der Waals surface area contributed by atoms with E-state index in [1.54, 1.807) is 5.56 Å². The van der Waals surface area contributed by atoms with Gasteiger partial charge in [0.05, 0.1) is 0 Å². The van der Waals surface area contributed by atoms with Crippen LogP contribution < -0.4 is 5.32 Å². The average Bonchev–Trinajstić information content (AvgIpc) is 2.51. The zero-order valence-electron chi connectivity index (χ0n) is 13.3. The highest BCUT2D eigenvalue weighted by Crippen LogP contribution is 2.39. The minimum absolute atomic E-state index is 0.583. The van der Waals surface area contributed by atoms with Crippen molar-refractivity contribution in [2.45, 2.75) is 39.0 Å². The van der Waals surface area contributed by atoms with Crippen molar-refractivity contribution in [3.63, 3.8) is 0 Å². The monoisotopic (exact) mass is 279 g/mol. The van der Waals surface area contributed by atoms with Crippen LogP contribution in [-0.2, 0) is 0 Å². The van der Waals surface area contributed by atoms with Gasteiger partial charge in [-0.2, -0.15) is 0 Å². The molecule has 0 bridgehead atoms. The van der Waals surface area contributed by atoms with Gasteiger partial charge in [0, 0.05) is 12.5 Å². The fourth-order valence-corrected chi connectivity index (χ4v) is 3.55. The maximum Gasteiger partial charge on any atom is 0.00327 e. The van der Waals surface area contributed by atoms with Crippen LogP contribution in [0.4, 0.5) is 0 Å². The molecule has 2 aromatic carbocycles. The van der Waals surface area contributed by atoms with Crippen LogP contribution in [0.25, 0.3) is 0 Å². The van der Waals surface area contributed by atoms with E-state index in [1.165, 1.54) is 28.7 Å². The predicted octanol–water partition coefficient (Wildman–Crippen LogP) is 4.47. The Kier molecular flexibility index (Phi) is 4.12. The lowest BCUT2D eigenvalue weighted by molar-refractivity contribution is 0.403. The van der Waals surface area contributed by atoms with E-state index < -0.39 is 0 Å². The lowest BCUT2D eigenvalue weighted by atomic mass is 9.76. The fourth-order valence-electron chi connectivity index (χ4n) is 3.55. The van der Waals surface area contributed by atoms with Gasteiger partial charge in [0.1, 0.15) is 0 Å². The molecule has 0 aliphatic carbocycles. The van der Waals surface area contributed by atoms with Gasteiger partial charge in [-0.3, -0.25) is 0 Å². The summed E-state index contributed by atoms with van der Waals surface area (Å²) in [7, 11) is 0. The maximum absolute atomic E-state index is 3.58. The Bertz CT molecular complexity index is 612. The van der Waals surface area contributed by atoms with E-state index in [4.69, 9.17) is 0 Å². The number of piperidine rings is 1. The highest BCUT2D eigenvalue weighted by Gasteiger charge is 2.28. The van der Waals surface area contributed by atoms with Crippen molar-refractivity contribution in [1.82, 2.24) is 5.32 Å². The van der Waals surface area contributed by atoms with E-state index in [9.17, 15) is 0 Å². The minimum atomic E-state index is 0.583. The first-order valence-electron chi connectivity index (χ1n) is 7.99. The number of benzene rings is 2. The van der Waals surface area contributed by atoms with Crippen molar-refractivity contribution in [3.05, 3.63) is 70.3 Å². The molecule has 0 saturated carbocycles. The molecule has 2 atom stereocenters. The molecule has 0 amide bonds. The molecular weight excluding hydrogens is 254 g/mol. The van der Waals surface area contributed by atoms with Crippen LogP contribution in [0.3, 0.4) is 0 Å². The smallest absolute Gasteiger partial charge is 0.00327 e. The van der Waals surface area contributed by atoms with E-state index in [0.29, 0.717) is 11.8 Å². The normalized spacial score (nSPS) is 22.2. The first-order chi connectivity index (χ1) is 10.1. The Morgan fingerprint density at radius 2 is 1.57 bits per heavy atom. The third-order valence-corrected chi connectivity index (χ3v) is 4.82. The third-order valence-electron chi connectivity index (χ3n) is 4.82. The molecule has 1 aliphatic rings. The lowest BCUT2D eigenvalue weighted by Gasteiger charge is -2.34. The van der Waals surface area contributed by atoms with E-state index in [1.807, 2.05) is 0 Å². The molecule has 3 rings (SSSR count). The van der Waals surface area contributed by atoms with Crippen LogP contribution in [-0.4, -0.2) is 13.1 Å². The molecule has 1 N–H and O–H groups in total. The molecule has 1 fully saturated rings. The second-order valence-electron chi connectivity index (χ2n) is 6.48. The van der Waals surface area contributed by atoms with Crippen LogP contribution in [0.2, 0.25) is 0 Å². The zero-order valence-corrected chi connectivity index (χ0v) is 13.3. The largest absolute Gasteiger partial charge is 0.316 e. The van der Waals surface area contributed by atoms with Gasteiger partial charge in [0.2, 0.25) is 0 Å². The molecule has 0 spiro atoms. The Balaban J connectivity index is 1.98. The minimum Gasteiger partial charge on any atom is -0.316 e. The third kappa shape index (κ3) is 3.03. The summed E-state index contributed by atoms with van der Waals surface area (Å²) < 4.78 is 0. The summed E-state index contributed by atoms with van der Waals surface area (Å²) in [6.45, 7) is 8.82. The van der Waals surface area contributed by atoms with Gasteiger partial charge in [0.25, 0.3) is 0 Å². The number of aryl methyl sites for hydroxylation is 3. The Hall–Kier alpha value is -1.60. The Morgan fingerprint density at radius 3 is 2.33 bits per heavy atom. The number of nitrogens with one attached hydrogen (secondary N) is 1. The van der Waals surface area contributed by atoms with Crippen molar-refractivity contribution < 1.29 is 0 Å². The van der Waals surface area contributed by atoms with E-state index in [-0.39, 0.29) is 0 Å². The van der Waals surface area contributed by atoms with E-state index in [0.717, 1.165) is 13.1 Å². The van der Waals surface area contributed by atoms with Gasteiger partial charge in [-0.1, -0.05) is 53.6 Å². The molecule has 1 nitrogen and oxygen atoms in total. The summed E-state index contributed by atoms with van der Waals surface area (Å²) in [5, 5.41) is 3.58. The van der Waals surface area contributed by atoms with Crippen molar-refractivity contribution in [2.75, 3.05) is 13.1 Å². The van der Waals surface area contributed by atoms with E-state index in [2.05, 4.69) is 68.6 Å². The summed E-state index contributed by atoms with van der Waals surface area (Å²) in [5.74, 6) is 1.22. The first kappa shape index (κ1) is 14.3. The van der Waals surface area contributed by atoms with Gasteiger partial charge in [-0.15, -0.1) is 0 Å². The highest BCUT2D eigenvalue weighted by atomic mass is 14.9. The molecule has 110 valence electrons. The molecule has 1 saturated heterocycles. The summed E-state index contributed by atoms with van der Waals surface area (Å²) in [6.07, 6.45) is 1.23. The fraction of sp³-hybridized carbons (Fsp3) is 0.400. The van der Waals surface area contributed by atoms with Crippen molar-refractivity contribution in [1.29, 1.82) is 0 Å². The number of hydrogen-bond acceptors (Lipinski definition) is 1. The van der Waals surface area contributed by atoms with E-state index >= 15 is 0 Å². The van der Waals surface area contributed by atoms with Crippen LogP contribution in [0.1, 0.15) is 46.1 Å². The second kappa shape index (κ2) is 6.03. The topological polar surface area (TPSA) is 12.0 Å². The maximum atomic E-state index is 3.58.